The maximum atomic E-state index is 5.34. The Morgan fingerprint density at radius 3 is 2.22 bits per heavy atom. The number of aryl methyl sites for hydroxylation is 1. The van der Waals surface area contributed by atoms with Crippen molar-refractivity contribution in [1.29, 1.82) is 0 Å². The maximum Gasteiger partial charge on any atom is 0.137 e. The van der Waals surface area contributed by atoms with Gasteiger partial charge in [0, 0.05) is 4.88 Å². The first-order valence-electron chi connectivity index (χ1n) is 2.96. The molecule has 0 aliphatic heterocycles. The monoisotopic (exact) mass is 144 g/mol. The van der Waals surface area contributed by atoms with E-state index in [9.17, 15) is 0 Å². The van der Waals surface area contributed by atoms with E-state index < -0.39 is 0 Å². The van der Waals surface area contributed by atoms with Gasteiger partial charge in [0.05, 0.1) is 5.51 Å². The van der Waals surface area contributed by atoms with Crippen LogP contribution in [-0.2, 0) is 0 Å². The average Bonchev–Trinajstić information content (AvgIpc) is 2.23. The minimum absolute atomic E-state index is 0.657. The molecule has 0 spiro atoms. The van der Waals surface area contributed by atoms with Crippen molar-refractivity contribution in [2.45, 2.75) is 20.8 Å². The first-order valence-corrected chi connectivity index (χ1v) is 3.84. The Labute approximate surface area is 59.7 Å². The number of hydrogen-bond donors (Lipinski definition) is 1. The van der Waals surface area contributed by atoms with Crippen LogP contribution in [0.4, 0.5) is 5.82 Å². The summed E-state index contributed by atoms with van der Waals surface area (Å²) in [6, 6.07) is 0. The van der Waals surface area contributed by atoms with Crippen LogP contribution in [-0.4, -0.2) is 4.98 Å². The second kappa shape index (κ2) is 4.32. The van der Waals surface area contributed by atoms with Gasteiger partial charge in [-0.15, -0.1) is 11.3 Å². The summed E-state index contributed by atoms with van der Waals surface area (Å²) >= 11 is 1.57. The second-order valence-corrected chi connectivity index (χ2v) is 2.35. The SMILES string of the molecule is CC.Cc1scnc1N. The van der Waals surface area contributed by atoms with E-state index in [-0.39, 0.29) is 0 Å². The molecule has 0 unspecified atom stereocenters. The Kier molecular flexibility index (Phi) is 4.05. The highest BCUT2D eigenvalue weighted by Crippen LogP contribution is 2.11. The minimum Gasteiger partial charge on any atom is -0.383 e. The first-order chi connectivity index (χ1) is 4.30. The van der Waals surface area contributed by atoms with Crippen molar-refractivity contribution in [3.8, 4) is 0 Å². The summed E-state index contributed by atoms with van der Waals surface area (Å²) in [5.74, 6) is 0.657. The van der Waals surface area contributed by atoms with Crippen LogP contribution in [0.15, 0.2) is 5.51 Å². The molecule has 0 aromatic carbocycles. The normalized spacial score (nSPS) is 7.89. The minimum atomic E-state index is 0.657. The molecule has 2 nitrogen and oxygen atoms in total. The summed E-state index contributed by atoms with van der Waals surface area (Å²) in [4.78, 5) is 4.91. The summed E-state index contributed by atoms with van der Waals surface area (Å²) in [6.07, 6.45) is 0. The lowest BCUT2D eigenvalue weighted by molar-refractivity contribution is 1.39. The number of nitrogens with two attached hydrogens (primary N) is 1. The number of aromatic nitrogens is 1. The van der Waals surface area contributed by atoms with Crippen LogP contribution in [0.2, 0.25) is 0 Å². The van der Waals surface area contributed by atoms with E-state index in [0.29, 0.717) is 5.82 Å². The highest BCUT2D eigenvalue weighted by atomic mass is 32.1. The Bertz CT molecular complexity index is 143. The Hall–Kier alpha value is -0.570. The molecule has 0 saturated carbocycles. The Morgan fingerprint density at radius 2 is 2.11 bits per heavy atom. The molecule has 0 aliphatic carbocycles. The average molecular weight is 144 g/mol. The van der Waals surface area contributed by atoms with E-state index >= 15 is 0 Å². The highest BCUT2D eigenvalue weighted by Gasteiger charge is 1.89. The quantitative estimate of drug-likeness (QED) is 0.605. The number of rotatable bonds is 0. The predicted octanol–water partition coefficient (Wildman–Crippen LogP) is 2.06. The van der Waals surface area contributed by atoms with Gasteiger partial charge in [0.25, 0.3) is 0 Å². The molecule has 2 N–H and O–H groups in total. The molecule has 3 heteroatoms. The summed E-state index contributed by atoms with van der Waals surface area (Å²) in [7, 11) is 0. The molecule has 0 saturated heterocycles. The summed E-state index contributed by atoms with van der Waals surface area (Å²) < 4.78 is 0. The van der Waals surface area contributed by atoms with Crippen molar-refractivity contribution in [3.63, 3.8) is 0 Å². The summed E-state index contributed by atoms with van der Waals surface area (Å²) in [5, 5.41) is 0. The van der Waals surface area contributed by atoms with Crippen LogP contribution < -0.4 is 5.73 Å². The van der Waals surface area contributed by atoms with Crippen molar-refractivity contribution in [1.82, 2.24) is 4.98 Å². The fourth-order valence-electron chi connectivity index (χ4n) is 0.313. The summed E-state index contributed by atoms with van der Waals surface area (Å²) in [6.45, 7) is 5.95. The van der Waals surface area contributed by atoms with Crippen LogP contribution in [0.5, 0.6) is 0 Å². The van der Waals surface area contributed by atoms with Gasteiger partial charge in [-0.3, -0.25) is 0 Å². The van der Waals surface area contributed by atoms with Gasteiger partial charge in [-0.05, 0) is 6.92 Å². The third-order valence-corrected chi connectivity index (χ3v) is 1.56. The lowest BCUT2D eigenvalue weighted by Crippen LogP contribution is -1.83. The van der Waals surface area contributed by atoms with Gasteiger partial charge in [-0.2, -0.15) is 0 Å². The van der Waals surface area contributed by atoms with Crippen molar-refractivity contribution in [3.05, 3.63) is 10.4 Å². The predicted molar refractivity (Wildman–Crippen MR) is 42.6 cm³/mol. The third-order valence-electron chi connectivity index (χ3n) is 0.782. The van der Waals surface area contributed by atoms with Gasteiger partial charge in [-0.1, -0.05) is 13.8 Å². The van der Waals surface area contributed by atoms with E-state index in [1.807, 2.05) is 20.8 Å². The largest absolute Gasteiger partial charge is 0.383 e. The molecule has 0 bridgehead atoms. The standard InChI is InChI=1S/C4H6N2S.C2H6/c1-3-4(5)6-2-7-3;1-2/h2H,5H2,1H3;1-2H3. The number of thiazole rings is 1. The van der Waals surface area contributed by atoms with E-state index in [1.54, 1.807) is 16.8 Å². The molecule has 0 radical (unpaired) electrons. The second-order valence-electron chi connectivity index (χ2n) is 1.29. The zero-order valence-electron chi connectivity index (χ0n) is 6.01. The third kappa shape index (κ3) is 2.46. The smallest absolute Gasteiger partial charge is 0.137 e. The maximum absolute atomic E-state index is 5.34. The van der Waals surface area contributed by atoms with E-state index in [2.05, 4.69) is 4.98 Å². The van der Waals surface area contributed by atoms with Gasteiger partial charge < -0.3 is 5.73 Å². The van der Waals surface area contributed by atoms with Crippen LogP contribution >= 0.6 is 11.3 Å². The Balaban J connectivity index is 0.000000291. The van der Waals surface area contributed by atoms with E-state index in [1.165, 1.54) is 0 Å². The van der Waals surface area contributed by atoms with Crippen molar-refractivity contribution in [2.75, 3.05) is 5.73 Å². The number of hydrogen-bond acceptors (Lipinski definition) is 3. The van der Waals surface area contributed by atoms with Crippen molar-refractivity contribution >= 4 is 17.2 Å². The molecule has 1 heterocycles. The molecule has 9 heavy (non-hydrogen) atoms. The number of nitrogen functional groups attached to an aromatic ring is 1. The van der Waals surface area contributed by atoms with Gasteiger partial charge in [0.1, 0.15) is 5.82 Å². The molecule has 0 atom stereocenters. The number of nitrogens with zero attached hydrogens (tertiary/aromatic N) is 1. The van der Waals surface area contributed by atoms with Crippen molar-refractivity contribution in [2.24, 2.45) is 0 Å². The van der Waals surface area contributed by atoms with Gasteiger partial charge >= 0.3 is 0 Å². The summed E-state index contributed by atoms with van der Waals surface area (Å²) in [5.41, 5.74) is 7.08. The molecular weight excluding hydrogens is 132 g/mol. The zero-order valence-corrected chi connectivity index (χ0v) is 6.83. The first kappa shape index (κ1) is 8.43. The van der Waals surface area contributed by atoms with Crippen molar-refractivity contribution < 1.29 is 0 Å². The van der Waals surface area contributed by atoms with Gasteiger partial charge in [0.15, 0.2) is 0 Å². The van der Waals surface area contributed by atoms with Crippen LogP contribution in [0, 0.1) is 6.92 Å². The molecule has 52 valence electrons. The number of anilines is 1. The molecule has 1 rings (SSSR count). The molecular formula is C6H12N2S. The molecule has 1 aromatic rings. The molecule has 0 aliphatic rings. The van der Waals surface area contributed by atoms with Gasteiger partial charge in [-0.25, -0.2) is 4.98 Å². The zero-order chi connectivity index (χ0) is 7.28. The van der Waals surface area contributed by atoms with E-state index in [0.717, 1.165) is 4.88 Å². The van der Waals surface area contributed by atoms with E-state index in [4.69, 9.17) is 5.73 Å². The topological polar surface area (TPSA) is 38.9 Å². The molecule has 1 aromatic heterocycles. The lowest BCUT2D eigenvalue weighted by atomic mass is 10.6. The van der Waals surface area contributed by atoms with Crippen LogP contribution in [0.25, 0.3) is 0 Å². The lowest BCUT2D eigenvalue weighted by Gasteiger charge is -1.78. The van der Waals surface area contributed by atoms with Crippen LogP contribution in [0.3, 0.4) is 0 Å². The molecule has 0 amide bonds. The van der Waals surface area contributed by atoms with Gasteiger partial charge in [0.2, 0.25) is 0 Å². The molecule has 0 fully saturated rings. The fraction of sp³-hybridized carbons (Fsp3) is 0.500. The Morgan fingerprint density at radius 1 is 1.56 bits per heavy atom. The fourth-order valence-corrected chi connectivity index (χ4v) is 0.811. The van der Waals surface area contributed by atoms with Crippen LogP contribution in [0.1, 0.15) is 18.7 Å². The highest BCUT2D eigenvalue weighted by molar-refractivity contribution is 7.10.